The Hall–Kier alpha value is -0.450. The molecule has 4 heteroatoms. The van der Waals surface area contributed by atoms with E-state index >= 15 is 0 Å². The van der Waals surface area contributed by atoms with Crippen LogP contribution in [-0.2, 0) is 13.2 Å². The van der Waals surface area contributed by atoms with Gasteiger partial charge in [0.25, 0.3) is 0 Å². The van der Waals surface area contributed by atoms with Crippen LogP contribution >= 0.6 is 11.3 Å². The lowest BCUT2D eigenvalue weighted by atomic mass is 10.2. The van der Waals surface area contributed by atoms with Gasteiger partial charge in [0.2, 0.25) is 0 Å². The van der Waals surface area contributed by atoms with E-state index in [0.29, 0.717) is 6.04 Å². The van der Waals surface area contributed by atoms with Gasteiger partial charge in [-0.2, -0.15) is 0 Å². The molecule has 2 N–H and O–H groups in total. The highest BCUT2D eigenvalue weighted by Crippen LogP contribution is 2.10. The molecule has 0 fully saturated rings. The van der Waals surface area contributed by atoms with Crippen LogP contribution in [0.1, 0.15) is 37.4 Å². The van der Waals surface area contributed by atoms with Gasteiger partial charge in [-0.15, -0.1) is 11.3 Å². The molecule has 80 valence electrons. The Morgan fingerprint density at radius 1 is 1.50 bits per heavy atom. The molecule has 0 aliphatic heterocycles. The van der Waals surface area contributed by atoms with E-state index < -0.39 is 0 Å². The topological polar surface area (TPSA) is 45.2 Å². The van der Waals surface area contributed by atoms with Crippen molar-refractivity contribution in [3.05, 3.63) is 16.1 Å². The van der Waals surface area contributed by atoms with Crippen molar-refractivity contribution < 1.29 is 5.11 Å². The fraction of sp³-hybridized carbons (Fsp3) is 0.700. The molecule has 0 spiro atoms. The van der Waals surface area contributed by atoms with Crippen molar-refractivity contribution in [3.8, 4) is 0 Å². The normalized spacial score (nSPS) is 11.1. The molecule has 1 heterocycles. The molecule has 0 radical (unpaired) electrons. The third kappa shape index (κ3) is 3.36. The second-order valence-corrected chi connectivity index (χ2v) is 4.23. The van der Waals surface area contributed by atoms with E-state index in [-0.39, 0.29) is 6.61 Å². The Morgan fingerprint density at radius 3 is 2.71 bits per heavy atom. The van der Waals surface area contributed by atoms with E-state index in [0.717, 1.165) is 30.1 Å². The summed E-state index contributed by atoms with van der Waals surface area (Å²) in [5.74, 6) is 0. The summed E-state index contributed by atoms with van der Waals surface area (Å²) in [6.07, 6.45) is 2.30. The van der Waals surface area contributed by atoms with E-state index in [4.69, 9.17) is 5.11 Å². The number of nitrogens with zero attached hydrogens (tertiary/aromatic N) is 1. The molecular formula is C10H18N2OS. The van der Waals surface area contributed by atoms with Gasteiger partial charge in [0.1, 0.15) is 5.01 Å². The van der Waals surface area contributed by atoms with Gasteiger partial charge in [-0.05, 0) is 12.8 Å². The zero-order valence-electron chi connectivity index (χ0n) is 8.79. The SMILES string of the molecule is CCC(CC)NCc1nc(CO)cs1. The van der Waals surface area contributed by atoms with Crippen LogP contribution in [0.3, 0.4) is 0 Å². The Balaban J connectivity index is 2.37. The summed E-state index contributed by atoms with van der Waals surface area (Å²) in [7, 11) is 0. The second kappa shape index (κ2) is 6.11. The molecule has 0 aromatic carbocycles. The Morgan fingerprint density at radius 2 is 2.21 bits per heavy atom. The van der Waals surface area contributed by atoms with Crippen molar-refractivity contribution in [3.63, 3.8) is 0 Å². The van der Waals surface area contributed by atoms with E-state index in [9.17, 15) is 0 Å². The van der Waals surface area contributed by atoms with Gasteiger partial charge < -0.3 is 10.4 Å². The van der Waals surface area contributed by atoms with Crippen LogP contribution in [0, 0.1) is 0 Å². The summed E-state index contributed by atoms with van der Waals surface area (Å²) in [4.78, 5) is 4.28. The minimum absolute atomic E-state index is 0.0431. The van der Waals surface area contributed by atoms with E-state index in [1.165, 1.54) is 0 Å². The predicted octanol–water partition coefficient (Wildman–Crippen LogP) is 1.91. The number of aromatic nitrogens is 1. The molecular weight excluding hydrogens is 196 g/mol. The highest BCUT2D eigenvalue weighted by molar-refractivity contribution is 7.09. The highest BCUT2D eigenvalue weighted by atomic mass is 32.1. The first kappa shape index (κ1) is 11.6. The summed E-state index contributed by atoms with van der Waals surface area (Å²) in [6, 6.07) is 0.580. The zero-order valence-corrected chi connectivity index (χ0v) is 9.60. The third-order valence-corrected chi connectivity index (χ3v) is 3.19. The first-order valence-electron chi connectivity index (χ1n) is 5.07. The third-order valence-electron chi connectivity index (χ3n) is 2.29. The van der Waals surface area contributed by atoms with Crippen LogP contribution in [0.5, 0.6) is 0 Å². The van der Waals surface area contributed by atoms with Crippen LogP contribution in [-0.4, -0.2) is 16.1 Å². The summed E-state index contributed by atoms with van der Waals surface area (Å²) < 4.78 is 0. The lowest BCUT2D eigenvalue weighted by Crippen LogP contribution is -2.26. The number of aliphatic hydroxyl groups is 1. The number of hydrogen-bond donors (Lipinski definition) is 2. The quantitative estimate of drug-likeness (QED) is 0.760. The molecule has 0 saturated carbocycles. The van der Waals surface area contributed by atoms with Gasteiger partial charge in [-0.25, -0.2) is 4.98 Å². The van der Waals surface area contributed by atoms with E-state index in [2.05, 4.69) is 24.1 Å². The van der Waals surface area contributed by atoms with Crippen LogP contribution in [0.25, 0.3) is 0 Å². The van der Waals surface area contributed by atoms with Crippen molar-refractivity contribution in [1.29, 1.82) is 0 Å². The summed E-state index contributed by atoms with van der Waals surface area (Å²) in [5.41, 5.74) is 0.774. The fourth-order valence-corrected chi connectivity index (χ4v) is 2.05. The van der Waals surface area contributed by atoms with Gasteiger partial charge in [-0.1, -0.05) is 13.8 Å². The molecule has 0 unspecified atom stereocenters. The van der Waals surface area contributed by atoms with Gasteiger partial charge >= 0.3 is 0 Å². The first-order chi connectivity index (χ1) is 6.80. The highest BCUT2D eigenvalue weighted by Gasteiger charge is 2.04. The standard InChI is InChI=1S/C10H18N2OS/c1-3-8(4-2)11-5-10-12-9(6-13)7-14-10/h7-8,11,13H,3-6H2,1-2H3. The van der Waals surface area contributed by atoms with Gasteiger partial charge in [0, 0.05) is 18.0 Å². The number of thiazole rings is 1. The molecule has 1 rings (SSSR count). The summed E-state index contributed by atoms with van der Waals surface area (Å²) >= 11 is 1.60. The summed E-state index contributed by atoms with van der Waals surface area (Å²) in [5, 5.41) is 15.2. The number of aliphatic hydroxyl groups excluding tert-OH is 1. The molecule has 1 aromatic heterocycles. The van der Waals surface area contributed by atoms with Gasteiger partial charge in [-0.3, -0.25) is 0 Å². The minimum atomic E-state index is 0.0431. The Bertz CT molecular complexity index is 258. The van der Waals surface area contributed by atoms with Gasteiger partial charge in [0.05, 0.1) is 12.3 Å². The summed E-state index contributed by atoms with van der Waals surface area (Å²) in [6.45, 7) is 5.23. The lowest BCUT2D eigenvalue weighted by molar-refractivity contribution is 0.277. The maximum Gasteiger partial charge on any atom is 0.107 e. The zero-order chi connectivity index (χ0) is 10.4. The molecule has 0 amide bonds. The van der Waals surface area contributed by atoms with Crippen LogP contribution in [0.2, 0.25) is 0 Å². The van der Waals surface area contributed by atoms with Crippen LogP contribution < -0.4 is 5.32 Å². The number of rotatable bonds is 6. The van der Waals surface area contributed by atoms with Crippen molar-refractivity contribution in [2.75, 3.05) is 0 Å². The largest absolute Gasteiger partial charge is 0.390 e. The van der Waals surface area contributed by atoms with Crippen LogP contribution in [0.4, 0.5) is 0 Å². The first-order valence-corrected chi connectivity index (χ1v) is 5.95. The number of hydrogen-bond acceptors (Lipinski definition) is 4. The molecule has 1 aromatic rings. The molecule has 0 aliphatic carbocycles. The lowest BCUT2D eigenvalue weighted by Gasteiger charge is -2.12. The monoisotopic (exact) mass is 214 g/mol. The van der Waals surface area contributed by atoms with E-state index in [1.54, 1.807) is 11.3 Å². The molecule has 0 aliphatic rings. The Kier molecular flexibility index (Phi) is 5.07. The molecule has 14 heavy (non-hydrogen) atoms. The minimum Gasteiger partial charge on any atom is -0.390 e. The Labute approximate surface area is 89.2 Å². The van der Waals surface area contributed by atoms with Crippen molar-refractivity contribution in [2.45, 2.75) is 45.9 Å². The average Bonchev–Trinajstić information content (AvgIpc) is 2.67. The molecule has 0 bridgehead atoms. The maximum absolute atomic E-state index is 8.84. The number of nitrogens with one attached hydrogen (secondary N) is 1. The molecule has 0 saturated heterocycles. The van der Waals surface area contributed by atoms with Crippen molar-refractivity contribution in [2.24, 2.45) is 0 Å². The predicted molar refractivity (Wildman–Crippen MR) is 59.2 cm³/mol. The van der Waals surface area contributed by atoms with Crippen molar-refractivity contribution in [1.82, 2.24) is 10.3 Å². The average molecular weight is 214 g/mol. The molecule has 0 atom stereocenters. The van der Waals surface area contributed by atoms with E-state index in [1.807, 2.05) is 5.38 Å². The van der Waals surface area contributed by atoms with Gasteiger partial charge in [0.15, 0.2) is 0 Å². The molecule has 3 nitrogen and oxygen atoms in total. The smallest absolute Gasteiger partial charge is 0.107 e. The second-order valence-electron chi connectivity index (χ2n) is 3.29. The maximum atomic E-state index is 8.84. The van der Waals surface area contributed by atoms with Crippen molar-refractivity contribution >= 4 is 11.3 Å². The van der Waals surface area contributed by atoms with Crippen LogP contribution in [0.15, 0.2) is 5.38 Å². The fourth-order valence-electron chi connectivity index (χ4n) is 1.31.